The van der Waals surface area contributed by atoms with Crippen molar-refractivity contribution in [2.75, 3.05) is 10.6 Å². The van der Waals surface area contributed by atoms with Gasteiger partial charge in [-0.1, -0.05) is 25.4 Å². The first-order valence-corrected chi connectivity index (χ1v) is 7.95. The fraction of sp³-hybridized carbons (Fsp3) is 0.294. The highest BCUT2D eigenvalue weighted by Gasteiger charge is 2.18. The summed E-state index contributed by atoms with van der Waals surface area (Å²) in [6, 6.07) is 8.53. The zero-order chi connectivity index (χ0) is 16.8. The highest BCUT2D eigenvalue weighted by Crippen LogP contribution is 2.26. The lowest BCUT2D eigenvalue weighted by atomic mass is 10.2. The summed E-state index contributed by atoms with van der Waals surface area (Å²) in [6.07, 6.45) is 4.79. The van der Waals surface area contributed by atoms with E-state index in [1.807, 2.05) is 36.0 Å². The van der Waals surface area contributed by atoms with Crippen molar-refractivity contribution in [3.05, 3.63) is 47.7 Å². The molecular formula is C17H20ClN3O2. The second-order valence-corrected chi connectivity index (χ2v) is 5.55. The van der Waals surface area contributed by atoms with Crippen LogP contribution < -0.4 is 10.6 Å². The van der Waals surface area contributed by atoms with E-state index in [0.29, 0.717) is 29.2 Å². The number of carbonyl (C=O) groups excluding carboxylic acids is 2. The molecule has 0 fully saturated rings. The molecule has 1 unspecified atom stereocenters. The van der Waals surface area contributed by atoms with Gasteiger partial charge >= 0.3 is 0 Å². The summed E-state index contributed by atoms with van der Waals surface area (Å²) in [7, 11) is 0. The molecule has 1 heterocycles. The molecule has 1 aromatic carbocycles. The van der Waals surface area contributed by atoms with E-state index in [0.717, 1.165) is 0 Å². The van der Waals surface area contributed by atoms with Crippen molar-refractivity contribution >= 4 is 34.8 Å². The van der Waals surface area contributed by atoms with Gasteiger partial charge in [-0.05, 0) is 36.8 Å². The van der Waals surface area contributed by atoms with E-state index in [-0.39, 0.29) is 17.9 Å². The van der Waals surface area contributed by atoms with Crippen molar-refractivity contribution in [2.45, 2.75) is 32.7 Å². The minimum atomic E-state index is -0.275. The number of carbonyl (C=O) groups is 2. The Morgan fingerprint density at radius 1 is 1.17 bits per heavy atom. The highest BCUT2D eigenvalue weighted by molar-refractivity contribution is 6.34. The molecule has 0 saturated carbocycles. The lowest BCUT2D eigenvalue weighted by Gasteiger charge is -2.17. The molecule has 2 amide bonds. The Morgan fingerprint density at radius 2 is 1.87 bits per heavy atom. The van der Waals surface area contributed by atoms with Crippen LogP contribution in [0.4, 0.5) is 11.4 Å². The van der Waals surface area contributed by atoms with E-state index < -0.39 is 0 Å². The summed E-state index contributed by atoms with van der Waals surface area (Å²) in [5.41, 5.74) is 1.13. The zero-order valence-electron chi connectivity index (χ0n) is 13.2. The second kappa shape index (κ2) is 7.83. The number of hydrogen-bond acceptors (Lipinski definition) is 2. The predicted octanol–water partition coefficient (Wildman–Crippen LogP) is 4.08. The summed E-state index contributed by atoms with van der Waals surface area (Å²) in [5.74, 6) is -0.215. The van der Waals surface area contributed by atoms with Crippen LogP contribution in [0.2, 0.25) is 5.02 Å². The molecule has 6 heteroatoms. The molecule has 0 saturated heterocycles. The van der Waals surface area contributed by atoms with Gasteiger partial charge in [-0.25, -0.2) is 0 Å². The molecule has 2 N–H and O–H groups in total. The first-order chi connectivity index (χ1) is 11.0. The van der Waals surface area contributed by atoms with Crippen LogP contribution in [0.25, 0.3) is 0 Å². The summed E-state index contributed by atoms with van der Waals surface area (Å²) >= 11 is 6.16. The number of nitrogens with one attached hydrogen (secondary N) is 2. The molecule has 5 nitrogen and oxygen atoms in total. The number of halogens is 1. The van der Waals surface area contributed by atoms with Gasteiger partial charge in [0.25, 0.3) is 0 Å². The van der Waals surface area contributed by atoms with Gasteiger partial charge < -0.3 is 15.2 Å². The van der Waals surface area contributed by atoms with Gasteiger partial charge in [-0.2, -0.15) is 0 Å². The average Bonchev–Trinajstić information content (AvgIpc) is 3.04. The third-order valence-electron chi connectivity index (χ3n) is 3.51. The fourth-order valence-electron chi connectivity index (χ4n) is 2.25. The van der Waals surface area contributed by atoms with E-state index in [1.54, 1.807) is 25.1 Å². The largest absolute Gasteiger partial charge is 0.342 e. The van der Waals surface area contributed by atoms with Gasteiger partial charge in [-0.3, -0.25) is 9.59 Å². The van der Waals surface area contributed by atoms with Crippen LogP contribution in [-0.2, 0) is 9.59 Å². The molecule has 2 rings (SSSR count). The number of hydrogen-bond donors (Lipinski definition) is 2. The monoisotopic (exact) mass is 333 g/mol. The second-order valence-electron chi connectivity index (χ2n) is 5.14. The van der Waals surface area contributed by atoms with Crippen LogP contribution in [0.3, 0.4) is 0 Å². The fourth-order valence-corrected chi connectivity index (χ4v) is 2.47. The average molecular weight is 334 g/mol. The van der Waals surface area contributed by atoms with E-state index in [2.05, 4.69) is 10.6 Å². The van der Waals surface area contributed by atoms with Crippen molar-refractivity contribution in [2.24, 2.45) is 0 Å². The van der Waals surface area contributed by atoms with Gasteiger partial charge in [0, 0.05) is 24.5 Å². The third-order valence-corrected chi connectivity index (χ3v) is 3.82. The normalized spacial score (nSPS) is 11.8. The number of nitrogens with zero attached hydrogens (tertiary/aromatic N) is 1. The van der Waals surface area contributed by atoms with E-state index in [9.17, 15) is 9.59 Å². The minimum absolute atomic E-state index is 0.106. The van der Waals surface area contributed by atoms with Gasteiger partial charge in [-0.15, -0.1) is 0 Å². The number of amides is 2. The quantitative estimate of drug-likeness (QED) is 0.836. The highest BCUT2D eigenvalue weighted by atomic mass is 35.5. The van der Waals surface area contributed by atoms with Crippen molar-refractivity contribution in [1.29, 1.82) is 0 Å². The van der Waals surface area contributed by atoms with Crippen molar-refractivity contribution < 1.29 is 9.59 Å². The molecule has 0 radical (unpaired) electrons. The van der Waals surface area contributed by atoms with Crippen LogP contribution in [0.15, 0.2) is 42.7 Å². The standard InChI is InChI=1S/C17H20ClN3O2/c1-3-15(21-9-5-6-10-21)17(23)19-12-7-8-14(13(18)11-12)20-16(22)4-2/h5-11,15H,3-4H2,1-2H3,(H,19,23)(H,20,22). The number of rotatable bonds is 6. The molecule has 1 aromatic heterocycles. The summed E-state index contributed by atoms with van der Waals surface area (Å²) in [4.78, 5) is 23.8. The molecule has 23 heavy (non-hydrogen) atoms. The zero-order valence-corrected chi connectivity index (χ0v) is 13.9. The molecular weight excluding hydrogens is 314 g/mol. The van der Waals surface area contributed by atoms with E-state index in [4.69, 9.17) is 11.6 Å². The minimum Gasteiger partial charge on any atom is -0.342 e. The van der Waals surface area contributed by atoms with Crippen molar-refractivity contribution in [3.8, 4) is 0 Å². The van der Waals surface area contributed by atoms with Crippen LogP contribution in [-0.4, -0.2) is 16.4 Å². The lowest BCUT2D eigenvalue weighted by Crippen LogP contribution is -2.24. The van der Waals surface area contributed by atoms with E-state index in [1.165, 1.54) is 0 Å². The number of benzene rings is 1. The molecule has 0 aliphatic heterocycles. The SMILES string of the molecule is CCC(=O)Nc1ccc(NC(=O)C(CC)n2cccc2)cc1Cl. The maximum absolute atomic E-state index is 12.4. The molecule has 1 atom stereocenters. The van der Waals surface area contributed by atoms with Gasteiger partial charge in [0.15, 0.2) is 0 Å². The smallest absolute Gasteiger partial charge is 0.247 e. The Labute approximate surface area is 140 Å². The summed E-state index contributed by atoms with van der Waals surface area (Å²) in [6.45, 7) is 3.73. The van der Waals surface area contributed by atoms with E-state index >= 15 is 0 Å². The number of anilines is 2. The lowest BCUT2D eigenvalue weighted by molar-refractivity contribution is -0.119. The van der Waals surface area contributed by atoms with Crippen molar-refractivity contribution in [3.63, 3.8) is 0 Å². The molecule has 2 aromatic rings. The Bertz CT molecular complexity index is 683. The van der Waals surface area contributed by atoms with Crippen LogP contribution in [0, 0.1) is 0 Å². The van der Waals surface area contributed by atoms with Crippen LogP contribution in [0.5, 0.6) is 0 Å². The first kappa shape index (κ1) is 17.1. The molecule has 0 spiro atoms. The predicted molar refractivity (Wildman–Crippen MR) is 92.8 cm³/mol. The van der Waals surface area contributed by atoms with Gasteiger partial charge in [0.1, 0.15) is 6.04 Å². The maximum Gasteiger partial charge on any atom is 0.247 e. The van der Waals surface area contributed by atoms with Crippen molar-refractivity contribution in [1.82, 2.24) is 4.57 Å². The molecule has 122 valence electrons. The van der Waals surface area contributed by atoms with Crippen LogP contribution >= 0.6 is 11.6 Å². The Kier molecular flexibility index (Phi) is 5.82. The molecule has 0 aliphatic carbocycles. The third kappa shape index (κ3) is 4.36. The molecule has 0 aliphatic rings. The topological polar surface area (TPSA) is 63.1 Å². The summed E-state index contributed by atoms with van der Waals surface area (Å²) < 4.78 is 1.87. The Morgan fingerprint density at radius 3 is 2.43 bits per heavy atom. The molecule has 0 bridgehead atoms. The maximum atomic E-state index is 12.4. The van der Waals surface area contributed by atoms with Crippen LogP contribution in [0.1, 0.15) is 32.7 Å². The van der Waals surface area contributed by atoms with Gasteiger partial charge in [0.05, 0.1) is 10.7 Å². The summed E-state index contributed by atoms with van der Waals surface area (Å²) in [5, 5.41) is 5.96. The Balaban J connectivity index is 2.09. The Hall–Kier alpha value is -2.27. The first-order valence-electron chi connectivity index (χ1n) is 7.57. The van der Waals surface area contributed by atoms with Gasteiger partial charge in [0.2, 0.25) is 11.8 Å². The number of aromatic nitrogens is 1.